The summed E-state index contributed by atoms with van der Waals surface area (Å²) in [5, 5.41) is 6.11. The second-order valence-electron chi connectivity index (χ2n) is 10.1. The summed E-state index contributed by atoms with van der Waals surface area (Å²) in [4.78, 5) is 26.9. The van der Waals surface area contributed by atoms with Gasteiger partial charge in [-0.05, 0) is 53.9 Å². The second-order valence-corrected chi connectivity index (χ2v) is 10.1. The number of methoxy groups -OCH3 is 2. The molecule has 1 atom stereocenters. The summed E-state index contributed by atoms with van der Waals surface area (Å²) >= 11 is 0. The second kappa shape index (κ2) is 10.3. The van der Waals surface area contributed by atoms with Gasteiger partial charge >= 0.3 is 5.97 Å². The van der Waals surface area contributed by atoms with Gasteiger partial charge in [-0.2, -0.15) is 0 Å². The van der Waals surface area contributed by atoms with E-state index in [1.807, 2.05) is 49.5 Å². The van der Waals surface area contributed by atoms with E-state index in [9.17, 15) is 9.59 Å². The van der Waals surface area contributed by atoms with E-state index >= 15 is 0 Å². The highest BCUT2D eigenvalue weighted by atomic mass is 16.5. The lowest BCUT2D eigenvalue weighted by molar-refractivity contribution is -0.118. The lowest BCUT2D eigenvalue weighted by Crippen LogP contribution is -2.38. The van der Waals surface area contributed by atoms with Crippen LogP contribution in [0.4, 0.5) is 5.69 Å². The van der Waals surface area contributed by atoms with Gasteiger partial charge in [0.15, 0.2) is 0 Å². The van der Waals surface area contributed by atoms with Crippen LogP contribution in [-0.4, -0.2) is 46.3 Å². The molecule has 4 rings (SSSR count). The molecule has 7 heteroatoms. The lowest BCUT2D eigenvalue weighted by Gasteiger charge is -2.32. The molecule has 0 bridgehead atoms. The molecular formula is C30H34N2O5. The zero-order valence-electron chi connectivity index (χ0n) is 22.2. The van der Waals surface area contributed by atoms with E-state index in [0.717, 1.165) is 11.1 Å². The summed E-state index contributed by atoms with van der Waals surface area (Å²) in [6, 6.07) is 18.8. The Morgan fingerprint density at radius 2 is 1.73 bits per heavy atom. The number of benzene rings is 3. The molecule has 0 fully saturated rings. The van der Waals surface area contributed by atoms with Gasteiger partial charge in [-0.3, -0.25) is 4.79 Å². The smallest absolute Gasteiger partial charge is 0.339 e. The number of nitrogens with one attached hydrogen (secondary N) is 2. The highest BCUT2D eigenvalue weighted by Crippen LogP contribution is 2.52. The van der Waals surface area contributed by atoms with Crippen LogP contribution < -0.4 is 20.1 Å². The van der Waals surface area contributed by atoms with E-state index in [0.29, 0.717) is 47.0 Å². The number of amides is 1. The van der Waals surface area contributed by atoms with Gasteiger partial charge in [0.05, 0.1) is 25.5 Å². The minimum absolute atomic E-state index is 0.175. The first-order chi connectivity index (χ1) is 17.7. The van der Waals surface area contributed by atoms with Crippen LogP contribution in [-0.2, 0) is 20.4 Å². The normalized spacial score (nSPS) is 16.6. The number of hydrogen-bond acceptors (Lipinski definition) is 6. The molecule has 0 saturated carbocycles. The van der Waals surface area contributed by atoms with E-state index in [1.165, 1.54) is 7.11 Å². The molecule has 3 aromatic carbocycles. The zero-order chi connectivity index (χ0) is 26.8. The van der Waals surface area contributed by atoms with Crippen molar-refractivity contribution in [2.24, 2.45) is 0 Å². The van der Waals surface area contributed by atoms with Crippen LogP contribution in [0.2, 0.25) is 0 Å². The standard InChI is InChI=1S/C30H34N2O5/c1-29(2,3)20-12-15-25(37-17-16-31-4)24(18-20)30(19-10-13-21(35-5)14-11-19)23-9-7-8-22(27(33)36-6)26(23)32-28(30)34/h7-15,18,31H,16-17H2,1-6H3,(H,32,34). The third-order valence-corrected chi connectivity index (χ3v) is 6.84. The molecule has 2 N–H and O–H groups in total. The molecule has 0 saturated heterocycles. The first-order valence-electron chi connectivity index (χ1n) is 12.3. The largest absolute Gasteiger partial charge is 0.497 e. The van der Waals surface area contributed by atoms with Gasteiger partial charge < -0.3 is 24.8 Å². The van der Waals surface area contributed by atoms with Gasteiger partial charge in [-0.1, -0.05) is 51.1 Å². The van der Waals surface area contributed by atoms with E-state index < -0.39 is 11.4 Å². The number of esters is 1. The van der Waals surface area contributed by atoms with Crippen LogP contribution in [0.15, 0.2) is 60.7 Å². The van der Waals surface area contributed by atoms with Crippen LogP contribution in [0.3, 0.4) is 0 Å². The zero-order valence-corrected chi connectivity index (χ0v) is 22.2. The van der Waals surface area contributed by atoms with Crippen molar-refractivity contribution in [3.8, 4) is 11.5 Å². The van der Waals surface area contributed by atoms with Crippen molar-refractivity contribution < 1.29 is 23.8 Å². The Morgan fingerprint density at radius 1 is 1.00 bits per heavy atom. The van der Waals surface area contributed by atoms with E-state index in [-0.39, 0.29) is 11.3 Å². The Morgan fingerprint density at radius 3 is 2.35 bits per heavy atom. The number of hydrogen-bond donors (Lipinski definition) is 2. The minimum Gasteiger partial charge on any atom is -0.497 e. The molecule has 1 aliphatic rings. The maximum Gasteiger partial charge on any atom is 0.339 e. The van der Waals surface area contributed by atoms with Crippen molar-refractivity contribution in [1.82, 2.24) is 5.32 Å². The van der Waals surface area contributed by atoms with E-state index in [4.69, 9.17) is 14.2 Å². The Bertz CT molecular complexity index is 1310. The Labute approximate surface area is 218 Å². The number of anilines is 1. The third-order valence-electron chi connectivity index (χ3n) is 6.84. The Balaban J connectivity index is 2.09. The molecule has 1 amide bonds. The van der Waals surface area contributed by atoms with E-state index in [2.05, 4.69) is 37.5 Å². The molecule has 1 aliphatic heterocycles. The highest BCUT2D eigenvalue weighted by molar-refractivity contribution is 6.15. The lowest BCUT2D eigenvalue weighted by atomic mass is 9.68. The van der Waals surface area contributed by atoms with Crippen LogP contribution in [0.5, 0.6) is 11.5 Å². The quantitative estimate of drug-likeness (QED) is 0.344. The first-order valence-corrected chi connectivity index (χ1v) is 12.3. The van der Waals surface area contributed by atoms with Crippen LogP contribution in [0.1, 0.15) is 53.4 Å². The van der Waals surface area contributed by atoms with E-state index in [1.54, 1.807) is 19.2 Å². The van der Waals surface area contributed by atoms with Gasteiger partial charge in [-0.15, -0.1) is 0 Å². The first kappa shape index (κ1) is 26.2. The number of para-hydroxylation sites is 1. The summed E-state index contributed by atoms with van der Waals surface area (Å²) < 4.78 is 16.7. The molecule has 3 aromatic rings. The monoisotopic (exact) mass is 502 g/mol. The highest BCUT2D eigenvalue weighted by Gasteiger charge is 2.52. The van der Waals surface area contributed by atoms with Gasteiger partial charge in [0.2, 0.25) is 5.91 Å². The number of carbonyl (C=O) groups excluding carboxylic acids is 2. The molecule has 7 nitrogen and oxygen atoms in total. The third kappa shape index (κ3) is 4.55. The molecule has 194 valence electrons. The molecule has 1 heterocycles. The van der Waals surface area contributed by atoms with Crippen molar-refractivity contribution in [3.63, 3.8) is 0 Å². The van der Waals surface area contributed by atoms with Crippen molar-refractivity contribution >= 4 is 17.6 Å². The van der Waals surface area contributed by atoms with Crippen LogP contribution >= 0.6 is 0 Å². The average Bonchev–Trinajstić information content (AvgIpc) is 3.20. The van der Waals surface area contributed by atoms with Crippen molar-refractivity contribution in [1.29, 1.82) is 0 Å². The molecule has 0 aromatic heterocycles. The molecule has 0 aliphatic carbocycles. The number of fused-ring (bicyclic) bond motifs is 1. The summed E-state index contributed by atoms with van der Waals surface area (Å²) in [7, 11) is 4.79. The summed E-state index contributed by atoms with van der Waals surface area (Å²) in [6.07, 6.45) is 0. The van der Waals surface area contributed by atoms with Gasteiger partial charge in [0.25, 0.3) is 0 Å². The van der Waals surface area contributed by atoms with Gasteiger partial charge in [-0.25, -0.2) is 4.79 Å². The van der Waals surface area contributed by atoms with Crippen LogP contribution in [0, 0.1) is 0 Å². The SMILES string of the molecule is CNCCOc1ccc(C(C)(C)C)cc1C1(c2ccc(OC)cc2)C(=O)Nc2c(C(=O)OC)cccc21. The Hall–Kier alpha value is -3.84. The fourth-order valence-corrected chi connectivity index (χ4v) is 4.84. The molecule has 0 spiro atoms. The van der Waals surface area contributed by atoms with Crippen molar-refractivity contribution in [3.05, 3.63) is 88.5 Å². The maximum absolute atomic E-state index is 14.3. The molecular weight excluding hydrogens is 468 g/mol. The number of ether oxygens (including phenoxy) is 3. The summed E-state index contributed by atoms with van der Waals surface area (Å²) in [5.74, 6) is 0.491. The molecule has 37 heavy (non-hydrogen) atoms. The predicted octanol–water partition coefficient (Wildman–Crippen LogP) is 4.66. The number of rotatable bonds is 8. The van der Waals surface area contributed by atoms with Crippen LogP contribution in [0.25, 0.3) is 0 Å². The number of carbonyl (C=O) groups is 2. The summed E-state index contributed by atoms with van der Waals surface area (Å²) in [5.41, 5.74) is 2.45. The fourth-order valence-electron chi connectivity index (χ4n) is 4.84. The predicted molar refractivity (Wildman–Crippen MR) is 144 cm³/mol. The van der Waals surface area contributed by atoms with Gasteiger partial charge in [0, 0.05) is 17.7 Å². The van der Waals surface area contributed by atoms with Crippen molar-refractivity contribution in [2.75, 3.05) is 39.7 Å². The molecule has 0 radical (unpaired) electrons. The Kier molecular flexibility index (Phi) is 7.28. The topological polar surface area (TPSA) is 85.9 Å². The molecule has 1 unspecified atom stereocenters. The average molecular weight is 503 g/mol. The van der Waals surface area contributed by atoms with Crippen molar-refractivity contribution in [2.45, 2.75) is 31.6 Å². The fraction of sp³-hybridized carbons (Fsp3) is 0.333. The maximum atomic E-state index is 14.3. The van der Waals surface area contributed by atoms with Gasteiger partial charge in [0.1, 0.15) is 23.5 Å². The number of likely N-dealkylation sites (N-methyl/N-ethyl adjacent to an activating group) is 1. The minimum atomic E-state index is -1.28. The summed E-state index contributed by atoms with van der Waals surface area (Å²) in [6.45, 7) is 7.46.